The Morgan fingerprint density at radius 1 is 1.50 bits per heavy atom. The lowest BCUT2D eigenvalue weighted by atomic mass is 10.0. The van der Waals surface area contributed by atoms with E-state index in [1.54, 1.807) is 0 Å². The minimum absolute atomic E-state index is 0.0630. The summed E-state index contributed by atoms with van der Waals surface area (Å²) in [5, 5.41) is 6.05. The largest absolute Gasteiger partial charge is 0.313 e. The Bertz CT molecular complexity index is 339. The van der Waals surface area contributed by atoms with Crippen LogP contribution >= 0.6 is 0 Å². The molecular formula is C10H19FN2O2S. The minimum Gasteiger partial charge on any atom is -0.313 e. The molecule has 6 heteroatoms. The Hall–Kier alpha value is -0.200. The van der Waals surface area contributed by atoms with E-state index in [1.807, 2.05) is 0 Å². The molecule has 2 heterocycles. The zero-order chi connectivity index (χ0) is 11.6. The van der Waals surface area contributed by atoms with Gasteiger partial charge in [0.1, 0.15) is 5.67 Å². The van der Waals surface area contributed by atoms with Gasteiger partial charge < -0.3 is 10.6 Å². The van der Waals surface area contributed by atoms with E-state index in [2.05, 4.69) is 10.6 Å². The molecule has 0 aromatic heterocycles. The lowest BCUT2D eigenvalue weighted by Crippen LogP contribution is -2.47. The van der Waals surface area contributed by atoms with E-state index in [-0.39, 0.29) is 24.1 Å². The molecule has 0 amide bonds. The van der Waals surface area contributed by atoms with Gasteiger partial charge in [-0.15, -0.1) is 0 Å². The van der Waals surface area contributed by atoms with Crippen LogP contribution in [0.15, 0.2) is 0 Å². The fourth-order valence-corrected chi connectivity index (χ4v) is 4.05. The Balaban J connectivity index is 1.81. The van der Waals surface area contributed by atoms with Gasteiger partial charge in [-0.2, -0.15) is 0 Å². The third-order valence-electron chi connectivity index (χ3n) is 3.36. The SMILES string of the molecule is O=S1(=O)CCCC(NCC2(F)CCNC2)C1. The van der Waals surface area contributed by atoms with E-state index >= 15 is 0 Å². The summed E-state index contributed by atoms with van der Waals surface area (Å²) in [6.07, 6.45) is 2.04. The van der Waals surface area contributed by atoms with E-state index in [1.165, 1.54) is 0 Å². The van der Waals surface area contributed by atoms with Crippen LogP contribution < -0.4 is 10.6 Å². The molecule has 0 aromatic rings. The molecule has 2 rings (SSSR count). The van der Waals surface area contributed by atoms with E-state index < -0.39 is 15.5 Å². The molecule has 16 heavy (non-hydrogen) atoms. The molecule has 0 aromatic carbocycles. The highest BCUT2D eigenvalue weighted by Gasteiger charge is 2.34. The summed E-state index contributed by atoms with van der Waals surface area (Å²) in [6, 6.07) is -0.0630. The van der Waals surface area contributed by atoms with Gasteiger partial charge in [-0.1, -0.05) is 0 Å². The maximum atomic E-state index is 14.0. The molecule has 2 saturated heterocycles. The Labute approximate surface area is 95.9 Å². The van der Waals surface area contributed by atoms with E-state index in [0.717, 1.165) is 6.42 Å². The predicted octanol–water partition coefficient (Wildman–Crippen LogP) is -0.145. The fourth-order valence-electron chi connectivity index (χ4n) is 2.38. The van der Waals surface area contributed by atoms with Crippen molar-refractivity contribution in [3.8, 4) is 0 Å². The lowest BCUT2D eigenvalue weighted by Gasteiger charge is -2.27. The van der Waals surface area contributed by atoms with E-state index in [9.17, 15) is 12.8 Å². The van der Waals surface area contributed by atoms with Crippen LogP contribution in [-0.2, 0) is 9.84 Å². The van der Waals surface area contributed by atoms with E-state index in [0.29, 0.717) is 25.9 Å². The zero-order valence-corrected chi connectivity index (χ0v) is 10.2. The van der Waals surface area contributed by atoms with Crippen LogP contribution in [0.5, 0.6) is 0 Å². The second-order valence-corrected chi connectivity index (χ2v) is 7.14. The molecule has 2 aliphatic rings. The third kappa shape index (κ3) is 3.15. The first-order valence-corrected chi connectivity index (χ1v) is 7.65. The van der Waals surface area contributed by atoms with Gasteiger partial charge in [0.05, 0.1) is 11.5 Å². The van der Waals surface area contributed by atoms with Gasteiger partial charge >= 0.3 is 0 Å². The zero-order valence-electron chi connectivity index (χ0n) is 9.34. The van der Waals surface area contributed by atoms with Crippen LogP contribution in [0.25, 0.3) is 0 Å². The first-order valence-electron chi connectivity index (χ1n) is 5.83. The first kappa shape index (κ1) is 12.3. The van der Waals surface area contributed by atoms with Crippen molar-refractivity contribution in [1.82, 2.24) is 10.6 Å². The molecule has 2 unspecified atom stereocenters. The standard InChI is InChI=1S/C10H19FN2O2S/c11-10(3-4-12-7-10)8-13-9-2-1-5-16(14,15)6-9/h9,12-13H,1-8H2. The smallest absolute Gasteiger partial charge is 0.151 e. The number of hydrogen-bond acceptors (Lipinski definition) is 4. The molecule has 0 spiro atoms. The normalized spacial score (nSPS) is 38.7. The first-order chi connectivity index (χ1) is 7.49. The molecule has 94 valence electrons. The van der Waals surface area contributed by atoms with Gasteiger partial charge in [0.15, 0.2) is 9.84 Å². The third-order valence-corrected chi connectivity index (χ3v) is 5.18. The van der Waals surface area contributed by atoms with Gasteiger partial charge in [0, 0.05) is 19.1 Å². The molecule has 4 nitrogen and oxygen atoms in total. The molecule has 0 radical (unpaired) electrons. The van der Waals surface area contributed by atoms with Crippen molar-refractivity contribution in [1.29, 1.82) is 0 Å². The lowest BCUT2D eigenvalue weighted by molar-refractivity contribution is 0.178. The number of sulfone groups is 1. The number of nitrogens with one attached hydrogen (secondary N) is 2. The monoisotopic (exact) mass is 250 g/mol. The Morgan fingerprint density at radius 3 is 2.94 bits per heavy atom. The summed E-state index contributed by atoms with van der Waals surface area (Å²) in [5.74, 6) is 0.448. The quantitative estimate of drug-likeness (QED) is 0.732. The van der Waals surface area contributed by atoms with Crippen LogP contribution in [0.3, 0.4) is 0 Å². The Kier molecular flexibility index (Phi) is 3.51. The highest BCUT2D eigenvalue weighted by Crippen LogP contribution is 2.20. The number of hydrogen-bond donors (Lipinski definition) is 2. The minimum atomic E-state index is -2.90. The van der Waals surface area contributed by atoms with E-state index in [4.69, 9.17) is 0 Å². The topological polar surface area (TPSA) is 58.2 Å². The molecule has 0 saturated carbocycles. The van der Waals surface area contributed by atoms with Gasteiger partial charge in [-0.05, 0) is 25.8 Å². The van der Waals surface area contributed by atoms with Crippen molar-refractivity contribution in [3.63, 3.8) is 0 Å². The maximum Gasteiger partial charge on any atom is 0.151 e. The number of halogens is 1. The van der Waals surface area contributed by atoms with Gasteiger partial charge in [0.25, 0.3) is 0 Å². The van der Waals surface area contributed by atoms with Crippen LogP contribution in [-0.4, -0.2) is 51.3 Å². The summed E-state index contributed by atoms with van der Waals surface area (Å²) >= 11 is 0. The molecule has 0 aliphatic carbocycles. The highest BCUT2D eigenvalue weighted by molar-refractivity contribution is 7.91. The van der Waals surface area contributed by atoms with Crippen molar-refractivity contribution in [2.45, 2.75) is 31.0 Å². The summed E-state index contributed by atoms with van der Waals surface area (Å²) in [5.41, 5.74) is -1.19. The van der Waals surface area contributed by atoms with Crippen LogP contribution in [0, 0.1) is 0 Å². The average Bonchev–Trinajstić information content (AvgIpc) is 2.62. The van der Waals surface area contributed by atoms with Gasteiger partial charge in [-0.25, -0.2) is 12.8 Å². The molecule has 2 N–H and O–H groups in total. The maximum absolute atomic E-state index is 14.0. The summed E-state index contributed by atoms with van der Waals surface area (Å²) in [4.78, 5) is 0. The van der Waals surface area contributed by atoms with Crippen molar-refractivity contribution in [2.75, 3.05) is 31.1 Å². The fraction of sp³-hybridized carbons (Fsp3) is 1.00. The van der Waals surface area contributed by atoms with Crippen molar-refractivity contribution >= 4 is 9.84 Å². The summed E-state index contributed by atoms with van der Waals surface area (Å²) in [7, 11) is -2.90. The Morgan fingerprint density at radius 2 is 2.31 bits per heavy atom. The van der Waals surface area contributed by atoms with Crippen molar-refractivity contribution in [2.24, 2.45) is 0 Å². The number of rotatable bonds is 3. The second-order valence-electron chi connectivity index (χ2n) is 4.91. The molecule has 0 bridgehead atoms. The highest BCUT2D eigenvalue weighted by atomic mass is 32.2. The molecular weight excluding hydrogens is 231 g/mol. The molecule has 2 fully saturated rings. The second kappa shape index (κ2) is 4.58. The van der Waals surface area contributed by atoms with Gasteiger partial charge in [0.2, 0.25) is 0 Å². The van der Waals surface area contributed by atoms with Crippen LogP contribution in [0.1, 0.15) is 19.3 Å². The predicted molar refractivity (Wildman–Crippen MR) is 61.0 cm³/mol. The van der Waals surface area contributed by atoms with Crippen molar-refractivity contribution < 1.29 is 12.8 Å². The summed E-state index contributed by atoms with van der Waals surface area (Å²) < 4.78 is 36.8. The van der Waals surface area contributed by atoms with Crippen molar-refractivity contribution in [3.05, 3.63) is 0 Å². The van der Waals surface area contributed by atoms with Gasteiger partial charge in [-0.3, -0.25) is 0 Å². The average molecular weight is 250 g/mol. The summed E-state index contributed by atoms with van der Waals surface area (Å²) in [6.45, 7) is 1.35. The number of alkyl halides is 1. The van der Waals surface area contributed by atoms with Crippen LogP contribution in [0.2, 0.25) is 0 Å². The van der Waals surface area contributed by atoms with Crippen LogP contribution in [0.4, 0.5) is 4.39 Å². The molecule has 2 atom stereocenters. The molecule has 2 aliphatic heterocycles.